The van der Waals surface area contributed by atoms with Gasteiger partial charge in [-0.3, -0.25) is 4.68 Å². The van der Waals surface area contributed by atoms with Gasteiger partial charge in [0.15, 0.2) is 0 Å². The Balaban J connectivity index is 0.00000200. The topological polar surface area (TPSA) is 27.1 Å². The van der Waals surface area contributed by atoms with Crippen LogP contribution in [0.15, 0.2) is 36.7 Å². The maximum atomic E-state index is 13.2. The van der Waals surface area contributed by atoms with Gasteiger partial charge in [0.05, 0.1) is 12.4 Å². The van der Waals surface area contributed by atoms with E-state index in [-0.39, 0.29) is 63.7 Å². The van der Waals surface area contributed by atoms with Gasteiger partial charge in [-0.15, -0.1) is 0 Å². The molecule has 2 aromatic rings. The molecule has 0 saturated carbocycles. The molecule has 0 aliphatic carbocycles. The second-order valence-electron chi connectivity index (χ2n) is 3.88. The maximum absolute atomic E-state index is 13.2. The maximum Gasteiger partial charge on any atom is 1.00 e. The largest absolute Gasteiger partial charge is 1.00 e. The van der Waals surface area contributed by atoms with E-state index in [9.17, 15) is 17.3 Å². The van der Waals surface area contributed by atoms with Crippen LogP contribution in [0.1, 0.15) is 0 Å². The van der Waals surface area contributed by atoms with E-state index in [1.54, 1.807) is 23.1 Å². The molecule has 1 aromatic carbocycles. The van der Waals surface area contributed by atoms with Gasteiger partial charge >= 0.3 is 58.4 Å². The molecule has 20 heavy (non-hydrogen) atoms. The second-order valence-corrected chi connectivity index (χ2v) is 3.88. The van der Waals surface area contributed by atoms with Crippen LogP contribution >= 0.6 is 0 Å². The van der Waals surface area contributed by atoms with Crippen molar-refractivity contribution in [2.75, 3.05) is 6.61 Å². The molecule has 1 heterocycles. The van der Waals surface area contributed by atoms with Gasteiger partial charge in [-0.05, 0) is 12.1 Å². The summed E-state index contributed by atoms with van der Waals surface area (Å²) in [6, 6.07) is 4.28. The van der Waals surface area contributed by atoms with E-state index in [2.05, 4.69) is 5.10 Å². The Hall–Kier alpha value is -0.349. The van der Waals surface area contributed by atoms with E-state index in [0.29, 0.717) is 12.6 Å². The van der Waals surface area contributed by atoms with Gasteiger partial charge in [0.2, 0.25) is 0 Å². The number of rotatable bonds is 5. The van der Waals surface area contributed by atoms with E-state index in [1.165, 1.54) is 0 Å². The molecule has 0 aliphatic rings. The van der Waals surface area contributed by atoms with E-state index in [0.717, 1.165) is 12.1 Å². The molecular formula is C11H10BF4KN2O. The summed E-state index contributed by atoms with van der Waals surface area (Å²) in [5.41, 5.74) is -1.24. The standard InChI is InChI=1S/C11H10BF4N2O.K/c13-11-8-9(2-3-10(11)12(14,15)16)19-7-6-18-5-1-4-17-18;/h1-5,8H,6-7H2;/q-1;+1. The average Bonchev–Trinajstić information content (AvgIpc) is 2.80. The zero-order valence-corrected chi connectivity index (χ0v) is 13.9. The molecule has 0 aliphatic heterocycles. The van der Waals surface area contributed by atoms with Crippen molar-refractivity contribution >= 4 is 12.4 Å². The van der Waals surface area contributed by atoms with Crippen LogP contribution in [-0.4, -0.2) is 23.4 Å². The molecule has 0 atom stereocenters. The molecule has 0 radical (unpaired) electrons. The normalized spacial score (nSPS) is 11.0. The molecule has 0 saturated heterocycles. The minimum atomic E-state index is -5.34. The van der Waals surface area contributed by atoms with Gasteiger partial charge in [-0.2, -0.15) is 5.10 Å². The van der Waals surface area contributed by atoms with Crippen molar-refractivity contribution in [3.63, 3.8) is 0 Å². The molecule has 0 N–H and O–H groups in total. The SMILES string of the molecule is Fc1cc(OCCn2cccn2)ccc1[B-](F)(F)F.[K+]. The Bertz CT molecular complexity index is 548. The average molecular weight is 312 g/mol. The van der Waals surface area contributed by atoms with Crippen LogP contribution in [0.2, 0.25) is 0 Å². The number of hydrogen-bond acceptors (Lipinski definition) is 2. The van der Waals surface area contributed by atoms with E-state index < -0.39 is 18.3 Å². The third-order valence-corrected chi connectivity index (χ3v) is 2.47. The van der Waals surface area contributed by atoms with Crippen LogP contribution in [0.4, 0.5) is 17.3 Å². The van der Waals surface area contributed by atoms with Crippen LogP contribution in [-0.2, 0) is 6.54 Å². The molecule has 3 nitrogen and oxygen atoms in total. The smallest absolute Gasteiger partial charge is 0.492 e. The minimum absolute atomic E-state index is 0. The molecule has 102 valence electrons. The first-order chi connectivity index (χ1) is 8.97. The van der Waals surface area contributed by atoms with Crippen molar-refractivity contribution in [1.82, 2.24) is 9.78 Å². The fraction of sp³-hybridized carbons (Fsp3) is 0.182. The van der Waals surface area contributed by atoms with Crippen LogP contribution in [0, 0.1) is 5.82 Å². The molecular weight excluding hydrogens is 302 g/mol. The first kappa shape index (κ1) is 17.7. The first-order valence-corrected chi connectivity index (χ1v) is 5.56. The molecule has 1 aromatic heterocycles. The van der Waals surface area contributed by atoms with E-state index in [4.69, 9.17) is 4.74 Å². The summed E-state index contributed by atoms with van der Waals surface area (Å²) in [6.45, 7) is -4.72. The quantitative estimate of drug-likeness (QED) is 0.532. The van der Waals surface area contributed by atoms with E-state index in [1.807, 2.05) is 0 Å². The second kappa shape index (κ2) is 7.60. The van der Waals surface area contributed by atoms with Crippen LogP contribution in [0.25, 0.3) is 0 Å². The summed E-state index contributed by atoms with van der Waals surface area (Å²) in [5.74, 6) is -1.25. The van der Waals surface area contributed by atoms with Gasteiger partial charge in [-0.1, -0.05) is 11.5 Å². The summed E-state index contributed by atoms with van der Waals surface area (Å²) in [7, 11) is 0. The van der Waals surface area contributed by atoms with Crippen LogP contribution < -0.4 is 61.6 Å². The summed E-state index contributed by atoms with van der Waals surface area (Å²) in [6.07, 6.45) is 3.32. The number of benzene rings is 1. The predicted molar refractivity (Wildman–Crippen MR) is 62.8 cm³/mol. The van der Waals surface area contributed by atoms with Gasteiger partial charge in [0, 0.05) is 18.5 Å². The minimum Gasteiger partial charge on any atom is -0.492 e. The van der Waals surface area contributed by atoms with Gasteiger partial charge in [-0.25, -0.2) is 4.39 Å². The Morgan fingerprint density at radius 1 is 1.25 bits per heavy atom. The first-order valence-electron chi connectivity index (χ1n) is 5.56. The molecule has 0 fully saturated rings. The number of nitrogens with zero attached hydrogens (tertiary/aromatic N) is 2. The predicted octanol–water partition coefficient (Wildman–Crippen LogP) is -0.840. The molecule has 0 unspecified atom stereocenters. The summed E-state index contributed by atoms with van der Waals surface area (Å²) in [5, 5.41) is 3.93. The van der Waals surface area contributed by atoms with Crippen molar-refractivity contribution < 1.29 is 73.5 Å². The van der Waals surface area contributed by atoms with E-state index >= 15 is 0 Å². The number of halogens is 4. The third kappa shape index (κ3) is 4.89. The monoisotopic (exact) mass is 312 g/mol. The molecule has 0 amide bonds. The molecule has 2 rings (SSSR count). The Labute approximate surface area is 155 Å². The number of hydrogen-bond donors (Lipinski definition) is 0. The summed E-state index contributed by atoms with van der Waals surface area (Å²) >= 11 is 0. The van der Waals surface area contributed by atoms with Crippen molar-refractivity contribution in [3.8, 4) is 5.75 Å². The molecule has 0 spiro atoms. The van der Waals surface area contributed by atoms with Gasteiger partial charge in [0.1, 0.15) is 12.4 Å². The Morgan fingerprint density at radius 2 is 2.00 bits per heavy atom. The van der Waals surface area contributed by atoms with Gasteiger partial charge in [0.25, 0.3) is 0 Å². The zero-order valence-electron chi connectivity index (χ0n) is 10.8. The van der Waals surface area contributed by atoms with Gasteiger partial charge < -0.3 is 17.7 Å². The third-order valence-electron chi connectivity index (χ3n) is 2.47. The number of aromatic nitrogens is 2. The molecule has 9 heteroatoms. The summed E-state index contributed by atoms with van der Waals surface area (Å²) in [4.78, 5) is 0. The Kier molecular flexibility index (Phi) is 6.73. The van der Waals surface area contributed by atoms with Crippen molar-refractivity contribution in [2.24, 2.45) is 0 Å². The van der Waals surface area contributed by atoms with Crippen molar-refractivity contribution in [2.45, 2.75) is 6.54 Å². The van der Waals surface area contributed by atoms with Crippen LogP contribution in [0.3, 0.4) is 0 Å². The molecule has 0 bridgehead atoms. The summed E-state index contributed by atoms with van der Waals surface area (Å²) < 4.78 is 57.2. The van der Waals surface area contributed by atoms with Crippen molar-refractivity contribution in [1.29, 1.82) is 0 Å². The Morgan fingerprint density at radius 3 is 2.55 bits per heavy atom. The van der Waals surface area contributed by atoms with Crippen LogP contribution in [0.5, 0.6) is 5.75 Å². The van der Waals surface area contributed by atoms with Crippen molar-refractivity contribution in [3.05, 3.63) is 42.5 Å². The fourth-order valence-corrected chi connectivity index (χ4v) is 1.55. The zero-order chi connectivity index (χ0) is 13.9. The fourth-order valence-electron chi connectivity index (χ4n) is 1.55. The number of ether oxygens (including phenoxy) is 1.